The van der Waals surface area contributed by atoms with Gasteiger partial charge in [-0.25, -0.2) is 9.67 Å². The average Bonchev–Trinajstić information content (AvgIpc) is 3.14. The third-order valence-corrected chi connectivity index (χ3v) is 4.60. The molecular weight excluding hydrogens is 330 g/mol. The number of fused-ring (bicyclic) bond motifs is 1. The maximum atomic E-state index is 12.4. The first-order chi connectivity index (χ1) is 12.8. The van der Waals surface area contributed by atoms with Gasteiger partial charge in [-0.3, -0.25) is 9.78 Å². The molecule has 7 nitrogen and oxygen atoms in total. The third-order valence-electron chi connectivity index (χ3n) is 4.60. The summed E-state index contributed by atoms with van der Waals surface area (Å²) in [7, 11) is 1.65. The molecule has 1 aliphatic rings. The number of carbonyl (C=O) groups excluding carboxylic acids is 1. The van der Waals surface area contributed by atoms with E-state index in [1.165, 1.54) is 12.4 Å². The number of methoxy groups -OCH3 is 1. The highest BCUT2D eigenvalue weighted by molar-refractivity contribution is 5.92. The van der Waals surface area contributed by atoms with Crippen LogP contribution < -0.4 is 10.1 Å². The lowest BCUT2D eigenvalue weighted by molar-refractivity contribution is 0.0927. The summed E-state index contributed by atoms with van der Waals surface area (Å²) in [6, 6.07) is 7.72. The molecule has 0 spiro atoms. The minimum absolute atomic E-state index is 0.0692. The first-order valence-electron chi connectivity index (χ1n) is 8.54. The summed E-state index contributed by atoms with van der Waals surface area (Å²) in [6.45, 7) is 0. The number of benzene rings is 1. The highest BCUT2D eigenvalue weighted by Gasteiger charge is 2.26. The van der Waals surface area contributed by atoms with Gasteiger partial charge in [0, 0.05) is 23.7 Å². The summed E-state index contributed by atoms with van der Waals surface area (Å²) in [4.78, 5) is 20.4. The van der Waals surface area contributed by atoms with Crippen LogP contribution >= 0.6 is 0 Å². The zero-order valence-electron chi connectivity index (χ0n) is 14.4. The summed E-state index contributed by atoms with van der Waals surface area (Å²) in [5.74, 6) is 0.594. The maximum Gasteiger partial charge on any atom is 0.271 e. The van der Waals surface area contributed by atoms with Crippen LogP contribution in [-0.2, 0) is 6.42 Å². The van der Waals surface area contributed by atoms with E-state index in [0.717, 1.165) is 42.0 Å². The van der Waals surface area contributed by atoms with Gasteiger partial charge in [0.15, 0.2) is 0 Å². The number of nitrogens with one attached hydrogen (secondary N) is 1. The monoisotopic (exact) mass is 349 g/mol. The van der Waals surface area contributed by atoms with Gasteiger partial charge >= 0.3 is 0 Å². The SMILES string of the molecule is COc1ccc(-n2ncc3c2CCCC3NC(=O)c2cnccn2)cc1. The molecule has 26 heavy (non-hydrogen) atoms. The van der Waals surface area contributed by atoms with Gasteiger partial charge in [-0.15, -0.1) is 0 Å². The molecule has 1 amide bonds. The molecule has 132 valence electrons. The van der Waals surface area contributed by atoms with Gasteiger partial charge in [0.25, 0.3) is 5.91 Å². The fourth-order valence-corrected chi connectivity index (χ4v) is 3.30. The molecule has 0 aliphatic heterocycles. The van der Waals surface area contributed by atoms with E-state index in [1.807, 2.05) is 35.1 Å². The van der Waals surface area contributed by atoms with Crippen molar-refractivity contribution in [2.24, 2.45) is 0 Å². The van der Waals surface area contributed by atoms with Crippen LogP contribution in [0.5, 0.6) is 5.75 Å². The number of rotatable bonds is 4. The van der Waals surface area contributed by atoms with Crippen molar-refractivity contribution in [2.75, 3.05) is 7.11 Å². The van der Waals surface area contributed by atoms with Gasteiger partial charge in [0.2, 0.25) is 0 Å². The standard InChI is InChI=1S/C19H19N5O2/c1-26-14-7-5-13(6-8-14)24-18-4-2-3-16(15(18)11-22-24)23-19(25)17-12-20-9-10-21-17/h5-12,16H,2-4H2,1H3,(H,23,25). The first kappa shape index (κ1) is 16.3. The topological polar surface area (TPSA) is 81.9 Å². The summed E-state index contributed by atoms with van der Waals surface area (Å²) < 4.78 is 7.15. The van der Waals surface area contributed by atoms with E-state index in [-0.39, 0.29) is 11.9 Å². The second-order valence-electron chi connectivity index (χ2n) is 6.17. The van der Waals surface area contributed by atoms with Crippen molar-refractivity contribution in [2.45, 2.75) is 25.3 Å². The number of amides is 1. The number of aromatic nitrogens is 4. The van der Waals surface area contributed by atoms with Crippen LogP contribution in [0.15, 0.2) is 49.1 Å². The number of hydrogen-bond acceptors (Lipinski definition) is 5. The predicted molar refractivity (Wildman–Crippen MR) is 95.3 cm³/mol. The lowest BCUT2D eigenvalue weighted by atomic mass is 9.92. The molecule has 0 bridgehead atoms. The lowest BCUT2D eigenvalue weighted by Crippen LogP contribution is -2.31. The summed E-state index contributed by atoms with van der Waals surface area (Å²) in [5, 5.41) is 7.61. The maximum absolute atomic E-state index is 12.4. The van der Waals surface area contributed by atoms with E-state index < -0.39 is 0 Å². The molecule has 1 unspecified atom stereocenters. The molecule has 2 aromatic heterocycles. The molecule has 0 saturated heterocycles. The van der Waals surface area contributed by atoms with Crippen LogP contribution in [0.2, 0.25) is 0 Å². The Balaban J connectivity index is 1.59. The Kier molecular flexibility index (Phi) is 4.35. The summed E-state index contributed by atoms with van der Waals surface area (Å²) >= 11 is 0. The Morgan fingerprint density at radius 3 is 2.81 bits per heavy atom. The van der Waals surface area contributed by atoms with Crippen molar-refractivity contribution in [3.05, 3.63) is 66.0 Å². The molecule has 0 radical (unpaired) electrons. The van der Waals surface area contributed by atoms with E-state index in [2.05, 4.69) is 20.4 Å². The van der Waals surface area contributed by atoms with Crippen LogP contribution in [0.1, 0.15) is 40.6 Å². The van der Waals surface area contributed by atoms with Crippen molar-refractivity contribution in [3.63, 3.8) is 0 Å². The van der Waals surface area contributed by atoms with E-state index in [4.69, 9.17) is 4.74 Å². The number of ether oxygens (including phenoxy) is 1. The highest BCUT2D eigenvalue weighted by atomic mass is 16.5. The first-order valence-corrected chi connectivity index (χ1v) is 8.54. The molecule has 3 aromatic rings. The molecule has 1 aromatic carbocycles. The van der Waals surface area contributed by atoms with Crippen molar-refractivity contribution >= 4 is 5.91 Å². The number of hydrogen-bond donors (Lipinski definition) is 1. The minimum atomic E-state index is -0.215. The molecule has 1 N–H and O–H groups in total. The Hall–Kier alpha value is -3.22. The smallest absolute Gasteiger partial charge is 0.271 e. The van der Waals surface area contributed by atoms with E-state index in [1.54, 1.807) is 13.3 Å². The summed E-state index contributed by atoms with van der Waals surface area (Å²) in [5.41, 5.74) is 3.49. The van der Waals surface area contributed by atoms with Crippen LogP contribution in [0.4, 0.5) is 0 Å². The molecular formula is C19H19N5O2. The predicted octanol–water partition coefficient (Wildman–Crippen LogP) is 2.48. The van der Waals surface area contributed by atoms with Gasteiger partial charge in [-0.1, -0.05) is 0 Å². The number of nitrogens with zero attached hydrogens (tertiary/aromatic N) is 4. The van der Waals surface area contributed by atoms with Crippen LogP contribution in [0, 0.1) is 0 Å². The molecule has 1 aliphatic carbocycles. The van der Waals surface area contributed by atoms with Crippen molar-refractivity contribution in [3.8, 4) is 11.4 Å². The van der Waals surface area contributed by atoms with Crippen molar-refractivity contribution < 1.29 is 9.53 Å². The molecule has 0 fully saturated rings. The Bertz CT molecular complexity index is 905. The van der Waals surface area contributed by atoms with E-state index in [9.17, 15) is 4.79 Å². The van der Waals surface area contributed by atoms with Crippen LogP contribution in [0.3, 0.4) is 0 Å². The van der Waals surface area contributed by atoms with E-state index in [0.29, 0.717) is 5.69 Å². The van der Waals surface area contributed by atoms with Gasteiger partial charge < -0.3 is 10.1 Å². The zero-order chi connectivity index (χ0) is 17.9. The van der Waals surface area contributed by atoms with Gasteiger partial charge in [-0.2, -0.15) is 5.10 Å². The quantitative estimate of drug-likeness (QED) is 0.782. The summed E-state index contributed by atoms with van der Waals surface area (Å²) in [6.07, 6.45) is 9.18. The number of carbonyl (C=O) groups is 1. The molecule has 7 heteroatoms. The normalized spacial score (nSPS) is 16.0. The Morgan fingerprint density at radius 1 is 1.23 bits per heavy atom. The van der Waals surface area contributed by atoms with E-state index >= 15 is 0 Å². The zero-order valence-corrected chi connectivity index (χ0v) is 14.4. The fourth-order valence-electron chi connectivity index (χ4n) is 3.30. The van der Waals surface area contributed by atoms with Gasteiger partial charge in [-0.05, 0) is 43.5 Å². The molecule has 4 rings (SSSR count). The Morgan fingerprint density at radius 2 is 2.08 bits per heavy atom. The third kappa shape index (κ3) is 3.03. The molecule has 0 saturated carbocycles. The van der Waals surface area contributed by atoms with Crippen molar-refractivity contribution in [1.29, 1.82) is 0 Å². The average molecular weight is 349 g/mol. The minimum Gasteiger partial charge on any atom is -0.497 e. The highest BCUT2D eigenvalue weighted by Crippen LogP contribution is 2.31. The van der Waals surface area contributed by atoms with Gasteiger partial charge in [0.1, 0.15) is 11.4 Å². The van der Waals surface area contributed by atoms with Crippen LogP contribution in [-0.4, -0.2) is 32.8 Å². The second-order valence-corrected chi connectivity index (χ2v) is 6.17. The molecule has 2 heterocycles. The molecule has 1 atom stereocenters. The van der Waals surface area contributed by atoms with Gasteiger partial charge in [0.05, 0.1) is 31.2 Å². The van der Waals surface area contributed by atoms with Crippen LogP contribution in [0.25, 0.3) is 5.69 Å². The Labute approximate surface area is 151 Å². The fraction of sp³-hybridized carbons (Fsp3) is 0.263. The largest absolute Gasteiger partial charge is 0.497 e. The van der Waals surface area contributed by atoms with Crippen molar-refractivity contribution in [1.82, 2.24) is 25.1 Å². The second kappa shape index (κ2) is 6.95. The lowest BCUT2D eigenvalue weighted by Gasteiger charge is -2.24.